The molecule has 1 N–H and O–H groups in total. The van der Waals surface area contributed by atoms with E-state index in [9.17, 15) is 4.39 Å². The van der Waals surface area contributed by atoms with Gasteiger partial charge in [-0.1, -0.05) is 22.8 Å². The summed E-state index contributed by atoms with van der Waals surface area (Å²) in [4.78, 5) is 4.30. The van der Waals surface area contributed by atoms with Crippen molar-refractivity contribution < 1.29 is 8.91 Å². The Hall–Kier alpha value is -1.46. The van der Waals surface area contributed by atoms with Crippen molar-refractivity contribution in [2.75, 3.05) is 13.1 Å². The third kappa shape index (κ3) is 2.48. The number of piperidine rings is 1. The molecule has 0 spiro atoms. The van der Waals surface area contributed by atoms with Crippen LogP contribution in [0, 0.1) is 5.82 Å². The van der Waals surface area contributed by atoms with Crippen molar-refractivity contribution in [3.63, 3.8) is 0 Å². The molecule has 3 rings (SSSR count). The van der Waals surface area contributed by atoms with Gasteiger partial charge in [-0.15, -0.1) is 0 Å². The Morgan fingerprint density at radius 3 is 2.84 bits per heavy atom. The first-order valence-electron chi connectivity index (χ1n) is 6.24. The van der Waals surface area contributed by atoms with Crippen LogP contribution in [0.5, 0.6) is 0 Å². The normalized spacial score (nSPS) is 16.7. The van der Waals surface area contributed by atoms with Crippen molar-refractivity contribution in [1.82, 2.24) is 15.5 Å². The van der Waals surface area contributed by atoms with Crippen LogP contribution >= 0.6 is 11.6 Å². The summed E-state index contributed by atoms with van der Waals surface area (Å²) in [6, 6.07) is 4.50. The maximum absolute atomic E-state index is 13.8. The highest BCUT2D eigenvalue weighted by Gasteiger charge is 2.23. The van der Waals surface area contributed by atoms with Crippen LogP contribution in [0.3, 0.4) is 0 Å². The number of nitrogens with zero attached hydrogens (tertiary/aromatic N) is 2. The SMILES string of the molecule is Fc1cccc(Cl)c1-c1noc(C2CCNCC2)n1. The molecule has 1 aliphatic heterocycles. The molecule has 6 heteroatoms. The number of halogens is 2. The van der Waals surface area contributed by atoms with Gasteiger partial charge in [0.25, 0.3) is 0 Å². The van der Waals surface area contributed by atoms with Gasteiger partial charge in [-0.05, 0) is 38.1 Å². The quantitative estimate of drug-likeness (QED) is 0.919. The Morgan fingerprint density at radius 2 is 2.11 bits per heavy atom. The lowest BCUT2D eigenvalue weighted by molar-refractivity contribution is 0.320. The second-order valence-electron chi connectivity index (χ2n) is 4.58. The van der Waals surface area contributed by atoms with Crippen LogP contribution in [0.25, 0.3) is 11.4 Å². The minimum absolute atomic E-state index is 0.202. The number of rotatable bonds is 2. The Kier molecular flexibility index (Phi) is 3.48. The van der Waals surface area contributed by atoms with E-state index >= 15 is 0 Å². The van der Waals surface area contributed by atoms with E-state index in [-0.39, 0.29) is 22.3 Å². The van der Waals surface area contributed by atoms with Gasteiger partial charge in [0.1, 0.15) is 5.82 Å². The summed E-state index contributed by atoms with van der Waals surface area (Å²) < 4.78 is 19.0. The van der Waals surface area contributed by atoms with Crippen LogP contribution in [0.2, 0.25) is 5.02 Å². The van der Waals surface area contributed by atoms with Crippen LogP contribution in [0.1, 0.15) is 24.7 Å². The van der Waals surface area contributed by atoms with Crippen molar-refractivity contribution in [3.8, 4) is 11.4 Å². The van der Waals surface area contributed by atoms with Crippen LogP contribution in [0.15, 0.2) is 22.7 Å². The molecule has 100 valence electrons. The van der Waals surface area contributed by atoms with E-state index < -0.39 is 5.82 Å². The van der Waals surface area contributed by atoms with Crippen molar-refractivity contribution in [2.24, 2.45) is 0 Å². The zero-order valence-corrected chi connectivity index (χ0v) is 11.0. The van der Waals surface area contributed by atoms with Gasteiger partial charge in [0, 0.05) is 5.92 Å². The molecule has 1 saturated heterocycles. The zero-order chi connectivity index (χ0) is 13.2. The maximum atomic E-state index is 13.8. The Labute approximate surface area is 115 Å². The maximum Gasteiger partial charge on any atom is 0.230 e. The van der Waals surface area contributed by atoms with Gasteiger partial charge < -0.3 is 9.84 Å². The molecule has 0 aliphatic carbocycles. The zero-order valence-electron chi connectivity index (χ0n) is 10.2. The number of aromatic nitrogens is 2. The Balaban J connectivity index is 1.92. The van der Waals surface area contributed by atoms with Crippen LogP contribution in [0.4, 0.5) is 4.39 Å². The fourth-order valence-corrected chi connectivity index (χ4v) is 2.53. The van der Waals surface area contributed by atoms with E-state index in [1.54, 1.807) is 12.1 Å². The smallest absolute Gasteiger partial charge is 0.230 e. The molecule has 0 saturated carbocycles. The lowest BCUT2D eigenvalue weighted by atomic mass is 9.98. The van der Waals surface area contributed by atoms with Gasteiger partial charge in [-0.25, -0.2) is 4.39 Å². The van der Waals surface area contributed by atoms with Crippen LogP contribution in [-0.2, 0) is 0 Å². The molecule has 1 fully saturated rings. The first-order chi connectivity index (χ1) is 9.25. The summed E-state index contributed by atoms with van der Waals surface area (Å²) in [6.07, 6.45) is 1.90. The topological polar surface area (TPSA) is 51.0 Å². The molecule has 0 atom stereocenters. The lowest BCUT2D eigenvalue weighted by Crippen LogP contribution is -2.26. The number of hydrogen-bond acceptors (Lipinski definition) is 4. The molecule has 1 aliphatic rings. The van der Waals surface area contributed by atoms with E-state index in [1.807, 2.05) is 0 Å². The first-order valence-corrected chi connectivity index (χ1v) is 6.62. The largest absolute Gasteiger partial charge is 0.339 e. The lowest BCUT2D eigenvalue weighted by Gasteiger charge is -2.18. The number of nitrogens with one attached hydrogen (secondary N) is 1. The minimum Gasteiger partial charge on any atom is -0.339 e. The van der Waals surface area contributed by atoms with Gasteiger partial charge in [0.15, 0.2) is 0 Å². The van der Waals surface area contributed by atoms with Gasteiger partial charge in [-0.3, -0.25) is 0 Å². The van der Waals surface area contributed by atoms with Crippen LogP contribution < -0.4 is 5.32 Å². The second-order valence-corrected chi connectivity index (χ2v) is 4.98. The third-order valence-corrected chi connectivity index (χ3v) is 3.63. The molecule has 0 radical (unpaired) electrons. The first kappa shape index (κ1) is 12.6. The third-order valence-electron chi connectivity index (χ3n) is 3.32. The second kappa shape index (κ2) is 5.27. The minimum atomic E-state index is -0.440. The highest BCUT2D eigenvalue weighted by Crippen LogP contribution is 2.31. The predicted octanol–water partition coefficient (Wildman–Crippen LogP) is 3.00. The summed E-state index contributed by atoms with van der Waals surface area (Å²) in [6.45, 7) is 1.87. The van der Waals surface area contributed by atoms with Crippen molar-refractivity contribution in [3.05, 3.63) is 34.9 Å². The molecule has 0 unspecified atom stereocenters. The van der Waals surface area contributed by atoms with E-state index in [0.717, 1.165) is 25.9 Å². The van der Waals surface area contributed by atoms with E-state index in [0.29, 0.717) is 5.89 Å². The monoisotopic (exact) mass is 281 g/mol. The summed E-state index contributed by atoms with van der Waals surface area (Å²) in [5.41, 5.74) is 0.202. The molecular weight excluding hydrogens is 269 g/mol. The standard InChI is InChI=1S/C13H13ClFN3O/c14-9-2-1-3-10(15)11(9)12-17-13(19-18-12)8-4-6-16-7-5-8/h1-3,8,16H,4-7H2. The van der Waals surface area contributed by atoms with Crippen molar-refractivity contribution in [2.45, 2.75) is 18.8 Å². The molecular formula is C13H13ClFN3O. The van der Waals surface area contributed by atoms with Crippen LogP contribution in [-0.4, -0.2) is 23.2 Å². The highest BCUT2D eigenvalue weighted by molar-refractivity contribution is 6.33. The number of benzene rings is 1. The molecule has 0 amide bonds. The fraction of sp³-hybridized carbons (Fsp3) is 0.385. The predicted molar refractivity (Wildman–Crippen MR) is 69.5 cm³/mol. The molecule has 19 heavy (non-hydrogen) atoms. The molecule has 1 aromatic heterocycles. The molecule has 2 heterocycles. The van der Waals surface area contributed by atoms with E-state index in [1.165, 1.54) is 6.07 Å². The summed E-state index contributed by atoms with van der Waals surface area (Å²) >= 11 is 5.99. The van der Waals surface area contributed by atoms with E-state index in [2.05, 4.69) is 15.5 Å². The van der Waals surface area contributed by atoms with Crippen molar-refractivity contribution in [1.29, 1.82) is 0 Å². The number of hydrogen-bond donors (Lipinski definition) is 1. The molecule has 4 nitrogen and oxygen atoms in total. The van der Waals surface area contributed by atoms with Crippen molar-refractivity contribution >= 4 is 11.6 Å². The average Bonchev–Trinajstić information content (AvgIpc) is 2.89. The molecule has 0 bridgehead atoms. The Morgan fingerprint density at radius 1 is 1.32 bits per heavy atom. The molecule has 1 aromatic carbocycles. The average molecular weight is 282 g/mol. The van der Waals surface area contributed by atoms with Gasteiger partial charge in [0.2, 0.25) is 11.7 Å². The summed E-state index contributed by atoms with van der Waals surface area (Å²) in [7, 11) is 0. The fourth-order valence-electron chi connectivity index (χ4n) is 2.28. The summed E-state index contributed by atoms with van der Waals surface area (Å²) in [5.74, 6) is 0.589. The summed E-state index contributed by atoms with van der Waals surface area (Å²) in [5, 5.41) is 7.41. The van der Waals surface area contributed by atoms with Gasteiger partial charge in [-0.2, -0.15) is 4.98 Å². The Bertz CT molecular complexity index is 561. The van der Waals surface area contributed by atoms with Gasteiger partial charge in [0.05, 0.1) is 10.6 Å². The van der Waals surface area contributed by atoms with E-state index in [4.69, 9.17) is 16.1 Å². The molecule has 2 aromatic rings. The van der Waals surface area contributed by atoms with Gasteiger partial charge >= 0.3 is 0 Å². The highest BCUT2D eigenvalue weighted by atomic mass is 35.5.